The number of carbonyl (C=O) groups excluding carboxylic acids is 2. The van der Waals surface area contributed by atoms with Crippen LogP contribution in [0, 0.1) is 5.82 Å². The van der Waals surface area contributed by atoms with Gasteiger partial charge < -0.3 is 18.6 Å². The molecule has 2 aromatic heterocycles. The Morgan fingerprint density at radius 2 is 1.53 bits per heavy atom. The van der Waals surface area contributed by atoms with Crippen LogP contribution in [0.4, 0.5) is 4.39 Å². The quantitative estimate of drug-likeness (QED) is 0.622. The Labute approximate surface area is 174 Å². The third kappa shape index (κ3) is 4.35. The van der Waals surface area contributed by atoms with Crippen molar-refractivity contribution < 1.29 is 27.0 Å². The van der Waals surface area contributed by atoms with Crippen molar-refractivity contribution >= 4 is 22.6 Å². The summed E-state index contributed by atoms with van der Waals surface area (Å²) >= 11 is 0. The van der Waals surface area contributed by atoms with Crippen LogP contribution in [0.15, 0.2) is 68.5 Å². The number of benzene rings is 1. The number of piperazine rings is 1. The van der Waals surface area contributed by atoms with E-state index in [9.17, 15) is 18.2 Å². The Morgan fingerprint density at radius 3 is 2.13 bits per heavy atom. The van der Waals surface area contributed by atoms with Crippen LogP contribution in [0.3, 0.4) is 0 Å². The van der Waals surface area contributed by atoms with Crippen molar-refractivity contribution in [3.05, 3.63) is 77.9 Å². The highest BCUT2D eigenvalue weighted by Gasteiger charge is 2.28. The summed E-state index contributed by atoms with van der Waals surface area (Å²) in [6.45, 7) is 1.55. The normalized spacial score (nSPS) is 15.2. The molecule has 4 rings (SSSR count). The lowest BCUT2D eigenvalue weighted by Gasteiger charge is -2.33. The van der Waals surface area contributed by atoms with Gasteiger partial charge in [0.25, 0.3) is 11.8 Å². The second kappa shape index (κ2) is 8.66. The van der Waals surface area contributed by atoms with Crippen LogP contribution in [0.5, 0.6) is 0 Å². The van der Waals surface area contributed by atoms with E-state index in [0.29, 0.717) is 36.8 Å². The molecule has 1 saturated heterocycles. The first-order valence-corrected chi connectivity index (χ1v) is 10.7. The zero-order valence-corrected chi connectivity index (χ0v) is 16.8. The van der Waals surface area contributed by atoms with Crippen molar-refractivity contribution in [2.45, 2.75) is 10.6 Å². The van der Waals surface area contributed by atoms with Gasteiger partial charge in [-0.15, -0.1) is 0 Å². The first-order chi connectivity index (χ1) is 14.5. The van der Waals surface area contributed by atoms with E-state index in [2.05, 4.69) is 0 Å². The Bertz CT molecular complexity index is 1050. The van der Waals surface area contributed by atoms with E-state index in [0.717, 1.165) is 0 Å². The number of carbonyl (C=O) groups is 2. The summed E-state index contributed by atoms with van der Waals surface area (Å²) in [6.07, 6.45) is 1.45. The van der Waals surface area contributed by atoms with E-state index in [1.54, 1.807) is 34.1 Å². The van der Waals surface area contributed by atoms with Crippen LogP contribution in [0.25, 0.3) is 0 Å². The first-order valence-electron chi connectivity index (χ1n) is 9.36. The molecule has 7 nitrogen and oxygen atoms in total. The summed E-state index contributed by atoms with van der Waals surface area (Å²) in [7, 11) is -1.41. The predicted molar refractivity (Wildman–Crippen MR) is 106 cm³/mol. The van der Waals surface area contributed by atoms with Gasteiger partial charge in [-0.05, 0) is 48.5 Å². The molecular weight excluding hydrogens is 411 g/mol. The maximum Gasteiger partial charge on any atom is 0.289 e. The summed E-state index contributed by atoms with van der Waals surface area (Å²) in [5.74, 6) is 0.0611. The zero-order valence-electron chi connectivity index (χ0n) is 16.0. The predicted octanol–water partition coefficient (Wildman–Crippen LogP) is 2.92. The molecule has 3 heterocycles. The SMILES string of the molecule is O=C(c1ccco1)N1CCN(C(=O)c2ccc(C[S@@](=O)c3ccc(F)cc3)o2)CC1. The van der Waals surface area contributed by atoms with Crippen molar-refractivity contribution in [3.8, 4) is 0 Å². The van der Waals surface area contributed by atoms with Crippen LogP contribution in [0.1, 0.15) is 26.9 Å². The number of hydrogen-bond acceptors (Lipinski definition) is 5. The molecule has 30 heavy (non-hydrogen) atoms. The van der Waals surface area contributed by atoms with Gasteiger partial charge in [-0.2, -0.15) is 0 Å². The molecule has 156 valence electrons. The topological polar surface area (TPSA) is 84.0 Å². The zero-order chi connectivity index (χ0) is 21.1. The van der Waals surface area contributed by atoms with Crippen LogP contribution >= 0.6 is 0 Å². The Kier molecular flexibility index (Phi) is 5.80. The lowest BCUT2D eigenvalue weighted by atomic mass is 10.2. The molecule has 1 fully saturated rings. The van der Waals surface area contributed by atoms with Gasteiger partial charge in [0, 0.05) is 31.1 Å². The standard InChI is InChI=1S/C21H19FN2O5S/c22-15-3-6-17(7-4-15)30(27)14-16-5-8-19(29-16)21(26)24-11-9-23(10-12-24)20(25)18-2-1-13-28-18/h1-8,13H,9-12,14H2/t30-/m1/s1. The fourth-order valence-electron chi connectivity index (χ4n) is 3.19. The molecule has 1 atom stereocenters. The Hall–Kier alpha value is -3.20. The van der Waals surface area contributed by atoms with Gasteiger partial charge in [0.2, 0.25) is 0 Å². The van der Waals surface area contributed by atoms with Gasteiger partial charge >= 0.3 is 0 Å². The van der Waals surface area contributed by atoms with E-state index in [4.69, 9.17) is 8.83 Å². The summed E-state index contributed by atoms with van der Waals surface area (Å²) < 4.78 is 36.1. The van der Waals surface area contributed by atoms with Gasteiger partial charge in [0.05, 0.1) is 22.8 Å². The smallest absolute Gasteiger partial charge is 0.289 e. The first kappa shape index (κ1) is 20.1. The Morgan fingerprint density at radius 1 is 0.900 bits per heavy atom. The van der Waals surface area contributed by atoms with Crippen molar-refractivity contribution in [1.82, 2.24) is 9.80 Å². The van der Waals surface area contributed by atoms with E-state index < -0.39 is 16.6 Å². The van der Waals surface area contributed by atoms with Crippen LogP contribution in [-0.4, -0.2) is 52.0 Å². The number of hydrogen-bond donors (Lipinski definition) is 0. The molecule has 0 saturated carbocycles. The molecule has 1 aromatic carbocycles. The highest BCUT2D eigenvalue weighted by Crippen LogP contribution is 2.18. The molecule has 0 unspecified atom stereocenters. The summed E-state index contributed by atoms with van der Waals surface area (Å²) in [5.41, 5.74) is 0. The molecule has 0 spiro atoms. The fourth-order valence-corrected chi connectivity index (χ4v) is 4.21. The molecular formula is C21H19FN2O5S. The molecule has 1 aliphatic heterocycles. The second-order valence-electron chi connectivity index (χ2n) is 6.77. The molecule has 1 aliphatic rings. The average molecular weight is 430 g/mol. The van der Waals surface area contributed by atoms with Crippen LogP contribution < -0.4 is 0 Å². The summed E-state index contributed by atoms with van der Waals surface area (Å²) in [5, 5.41) is 0. The lowest BCUT2D eigenvalue weighted by Crippen LogP contribution is -2.50. The van der Waals surface area contributed by atoms with Gasteiger partial charge in [0.15, 0.2) is 11.5 Å². The minimum atomic E-state index is -1.41. The number of amides is 2. The van der Waals surface area contributed by atoms with Gasteiger partial charge in [0.1, 0.15) is 11.6 Å². The number of nitrogens with zero attached hydrogens (tertiary/aromatic N) is 2. The number of furan rings is 2. The number of rotatable bonds is 5. The van der Waals surface area contributed by atoms with Crippen molar-refractivity contribution in [2.75, 3.05) is 26.2 Å². The maximum absolute atomic E-state index is 13.0. The van der Waals surface area contributed by atoms with Gasteiger partial charge in [-0.25, -0.2) is 4.39 Å². The molecule has 0 radical (unpaired) electrons. The Balaban J connectivity index is 1.33. The summed E-state index contributed by atoms with van der Waals surface area (Å²) in [4.78, 5) is 28.8. The van der Waals surface area contributed by atoms with Crippen LogP contribution in [0.2, 0.25) is 0 Å². The summed E-state index contributed by atoms with van der Waals surface area (Å²) in [6, 6.07) is 11.9. The monoisotopic (exact) mass is 430 g/mol. The molecule has 0 N–H and O–H groups in total. The molecule has 3 aromatic rings. The highest BCUT2D eigenvalue weighted by molar-refractivity contribution is 7.84. The van der Waals surface area contributed by atoms with E-state index >= 15 is 0 Å². The molecule has 2 amide bonds. The minimum Gasteiger partial charge on any atom is -0.459 e. The van der Waals surface area contributed by atoms with Crippen molar-refractivity contribution in [3.63, 3.8) is 0 Å². The third-order valence-electron chi connectivity index (χ3n) is 4.81. The van der Waals surface area contributed by atoms with E-state index in [-0.39, 0.29) is 29.1 Å². The van der Waals surface area contributed by atoms with Crippen molar-refractivity contribution in [1.29, 1.82) is 0 Å². The maximum atomic E-state index is 13.0. The van der Waals surface area contributed by atoms with Gasteiger partial charge in [-0.1, -0.05) is 0 Å². The molecule has 0 bridgehead atoms. The van der Waals surface area contributed by atoms with Gasteiger partial charge in [-0.3, -0.25) is 13.8 Å². The second-order valence-corrected chi connectivity index (χ2v) is 8.22. The van der Waals surface area contributed by atoms with Crippen molar-refractivity contribution in [2.24, 2.45) is 0 Å². The highest BCUT2D eigenvalue weighted by atomic mass is 32.2. The molecule has 9 heteroatoms. The van der Waals surface area contributed by atoms with E-state index in [1.807, 2.05) is 0 Å². The van der Waals surface area contributed by atoms with E-state index in [1.165, 1.54) is 30.5 Å². The largest absolute Gasteiger partial charge is 0.459 e. The third-order valence-corrected chi connectivity index (χ3v) is 6.15. The lowest BCUT2D eigenvalue weighted by molar-refractivity contribution is 0.0501. The van der Waals surface area contributed by atoms with Crippen LogP contribution in [-0.2, 0) is 16.6 Å². The molecule has 0 aliphatic carbocycles. The number of halogens is 1. The minimum absolute atomic E-state index is 0.0876. The fraction of sp³-hybridized carbons (Fsp3) is 0.238. The average Bonchev–Trinajstić information content (AvgIpc) is 3.46.